The molecule has 7 heteroatoms. The highest BCUT2D eigenvalue weighted by Crippen LogP contribution is 2.34. The second kappa shape index (κ2) is 6.47. The Hall–Kier alpha value is -1.02. The second-order valence-corrected chi connectivity index (χ2v) is 7.73. The van der Waals surface area contributed by atoms with E-state index in [1.54, 1.807) is 11.3 Å². The Balaban J connectivity index is 1.34. The minimum Gasteiger partial charge on any atom is -0.363 e. The van der Waals surface area contributed by atoms with Gasteiger partial charge >= 0.3 is 0 Å². The first-order valence-corrected chi connectivity index (χ1v) is 9.30. The fourth-order valence-corrected chi connectivity index (χ4v) is 4.39. The number of carbonyl (C=O) groups excluding carboxylic acids is 1. The lowest BCUT2D eigenvalue weighted by atomic mass is 9.91. The number of piperidine rings is 1. The molecule has 0 aliphatic carbocycles. The Bertz CT molecular complexity index is 573. The van der Waals surface area contributed by atoms with Gasteiger partial charge in [-0.25, -0.2) is 10.0 Å². The van der Waals surface area contributed by atoms with Gasteiger partial charge in [-0.1, -0.05) is 0 Å². The molecule has 3 atom stereocenters. The number of carbonyl (C=O) groups is 1. The summed E-state index contributed by atoms with van der Waals surface area (Å²) < 4.78 is 6.08. The van der Waals surface area contributed by atoms with Crippen molar-refractivity contribution in [3.05, 3.63) is 16.1 Å². The van der Waals surface area contributed by atoms with Crippen molar-refractivity contribution in [1.82, 2.24) is 14.9 Å². The highest BCUT2D eigenvalue weighted by atomic mass is 32.1. The van der Waals surface area contributed by atoms with Gasteiger partial charge in [0.15, 0.2) is 0 Å². The maximum Gasteiger partial charge on any atom is 0.275 e. The summed E-state index contributed by atoms with van der Waals surface area (Å²) in [7, 11) is 0. The molecule has 1 aromatic heterocycles. The fraction of sp³-hybridized carbons (Fsp3) is 0.750. The van der Waals surface area contributed by atoms with Gasteiger partial charge in [0, 0.05) is 18.5 Å². The van der Waals surface area contributed by atoms with Crippen LogP contribution in [0.15, 0.2) is 5.38 Å². The number of thiazole rings is 1. The van der Waals surface area contributed by atoms with Gasteiger partial charge < -0.3 is 4.74 Å². The monoisotopic (exact) mass is 337 g/mol. The van der Waals surface area contributed by atoms with Gasteiger partial charge in [0.05, 0.1) is 30.0 Å². The first-order valence-electron chi connectivity index (χ1n) is 8.42. The summed E-state index contributed by atoms with van der Waals surface area (Å²) in [5.41, 5.74) is 1.14. The van der Waals surface area contributed by atoms with Crippen LogP contribution in [-0.4, -0.2) is 59.3 Å². The minimum atomic E-state index is -0.315. The fourth-order valence-electron chi connectivity index (χ4n) is 3.79. The molecule has 23 heavy (non-hydrogen) atoms. The number of aromatic nitrogens is 1. The average molecular weight is 337 g/mol. The number of rotatable bonds is 3. The third-order valence-corrected chi connectivity index (χ3v) is 5.78. The summed E-state index contributed by atoms with van der Waals surface area (Å²) in [5, 5.41) is 4.74. The lowest BCUT2D eigenvalue weighted by molar-refractivity contribution is -0.180. The molecule has 0 radical (unpaired) electrons. The second-order valence-electron chi connectivity index (χ2n) is 6.67. The molecule has 3 fully saturated rings. The zero-order valence-corrected chi connectivity index (χ0v) is 14.3. The van der Waals surface area contributed by atoms with E-state index in [9.17, 15) is 4.79 Å². The number of nitrogens with zero attached hydrogens (tertiary/aromatic N) is 3. The van der Waals surface area contributed by atoms with Crippen molar-refractivity contribution >= 4 is 17.2 Å². The van der Waals surface area contributed by atoms with E-state index in [-0.39, 0.29) is 18.1 Å². The molecule has 4 heterocycles. The normalized spacial score (nSPS) is 31.5. The number of hydrogen-bond acceptors (Lipinski definition) is 6. The lowest BCUT2D eigenvalue weighted by Crippen LogP contribution is -2.42. The number of fused-ring (bicyclic) bond motifs is 1. The van der Waals surface area contributed by atoms with Crippen LogP contribution in [0.1, 0.15) is 30.0 Å². The summed E-state index contributed by atoms with van der Waals surface area (Å²) in [4.78, 5) is 24.7. The molecule has 1 aromatic rings. The van der Waals surface area contributed by atoms with E-state index in [1.807, 2.05) is 6.92 Å². The predicted octanol–water partition coefficient (Wildman–Crippen LogP) is 1.59. The summed E-state index contributed by atoms with van der Waals surface area (Å²) in [6.07, 6.45) is 2.71. The lowest BCUT2D eigenvalue weighted by Gasteiger charge is -2.33. The van der Waals surface area contributed by atoms with Crippen molar-refractivity contribution in [2.45, 2.75) is 44.9 Å². The Labute approximate surface area is 140 Å². The van der Waals surface area contributed by atoms with Gasteiger partial charge in [-0.05, 0) is 38.6 Å². The van der Waals surface area contributed by atoms with Crippen molar-refractivity contribution in [3.8, 4) is 0 Å². The third-order valence-electron chi connectivity index (χ3n) is 4.96. The molecule has 3 saturated heterocycles. The van der Waals surface area contributed by atoms with Crippen LogP contribution in [0.25, 0.3) is 0 Å². The molecular formula is C16H23N3O3S. The zero-order chi connectivity index (χ0) is 15.8. The summed E-state index contributed by atoms with van der Waals surface area (Å²) in [6.45, 7) is 6.21. The molecule has 3 aliphatic rings. The van der Waals surface area contributed by atoms with Crippen molar-refractivity contribution in [1.29, 1.82) is 0 Å². The Kier molecular flexibility index (Phi) is 4.36. The molecule has 0 N–H and O–H groups in total. The van der Waals surface area contributed by atoms with Gasteiger partial charge in [0.2, 0.25) is 0 Å². The van der Waals surface area contributed by atoms with Crippen LogP contribution in [-0.2, 0) is 20.9 Å². The van der Waals surface area contributed by atoms with Crippen LogP contribution >= 0.6 is 11.3 Å². The van der Waals surface area contributed by atoms with Crippen LogP contribution in [0, 0.1) is 12.8 Å². The summed E-state index contributed by atoms with van der Waals surface area (Å²) in [6, 6.07) is 0. The molecule has 0 aromatic carbocycles. The van der Waals surface area contributed by atoms with Gasteiger partial charge in [-0.3, -0.25) is 14.5 Å². The Morgan fingerprint density at radius 1 is 1.48 bits per heavy atom. The number of aryl methyl sites for hydroxylation is 1. The van der Waals surface area contributed by atoms with Crippen molar-refractivity contribution in [2.24, 2.45) is 5.92 Å². The van der Waals surface area contributed by atoms with Crippen molar-refractivity contribution < 1.29 is 14.4 Å². The van der Waals surface area contributed by atoms with Crippen LogP contribution in [0.2, 0.25) is 0 Å². The van der Waals surface area contributed by atoms with Gasteiger partial charge in [-0.15, -0.1) is 11.3 Å². The van der Waals surface area contributed by atoms with E-state index in [1.165, 1.54) is 5.06 Å². The van der Waals surface area contributed by atoms with E-state index in [0.29, 0.717) is 19.1 Å². The SMILES string of the molecule is Cc1nc(CN2CC[C@@H]3C[C@@H](C(=O)N4CCCO4)O[C@H]3C2)cs1. The number of hydrogen-bond donors (Lipinski definition) is 0. The molecule has 0 spiro atoms. The first-order chi connectivity index (χ1) is 11.2. The number of ether oxygens (including phenoxy) is 1. The molecule has 0 unspecified atom stereocenters. The van der Waals surface area contributed by atoms with Gasteiger partial charge in [-0.2, -0.15) is 0 Å². The first kappa shape index (κ1) is 15.5. The zero-order valence-electron chi connectivity index (χ0n) is 13.4. The molecular weight excluding hydrogens is 314 g/mol. The van der Waals surface area contributed by atoms with E-state index in [2.05, 4.69) is 15.3 Å². The molecule has 3 aliphatic heterocycles. The standard InChI is InChI=1S/C16H23N3O3S/c1-11-17-13(10-23-11)8-18-5-3-12-7-14(22-15(12)9-18)16(20)19-4-2-6-21-19/h10,12,14-15H,2-9H2,1H3/t12-,14+,15+/m1/s1. The van der Waals surface area contributed by atoms with Crippen molar-refractivity contribution in [2.75, 3.05) is 26.2 Å². The number of hydroxylamine groups is 2. The largest absolute Gasteiger partial charge is 0.363 e. The highest BCUT2D eigenvalue weighted by Gasteiger charge is 2.43. The third kappa shape index (κ3) is 3.28. The van der Waals surface area contributed by atoms with Crippen LogP contribution in [0.5, 0.6) is 0 Å². The van der Waals surface area contributed by atoms with E-state index in [0.717, 1.165) is 49.6 Å². The smallest absolute Gasteiger partial charge is 0.275 e. The van der Waals surface area contributed by atoms with E-state index in [4.69, 9.17) is 9.57 Å². The Morgan fingerprint density at radius 3 is 3.13 bits per heavy atom. The Morgan fingerprint density at radius 2 is 2.39 bits per heavy atom. The van der Waals surface area contributed by atoms with E-state index >= 15 is 0 Å². The van der Waals surface area contributed by atoms with Crippen molar-refractivity contribution in [3.63, 3.8) is 0 Å². The molecule has 126 valence electrons. The van der Waals surface area contributed by atoms with E-state index < -0.39 is 0 Å². The number of amides is 1. The summed E-state index contributed by atoms with van der Waals surface area (Å²) >= 11 is 1.70. The van der Waals surface area contributed by atoms with Crippen LogP contribution in [0.3, 0.4) is 0 Å². The molecule has 0 saturated carbocycles. The average Bonchev–Trinajstić information content (AvgIpc) is 3.26. The van der Waals surface area contributed by atoms with Gasteiger partial charge in [0.1, 0.15) is 6.10 Å². The summed E-state index contributed by atoms with van der Waals surface area (Å²) in [5.74, 6) is 0.513. The maximum atomic E-state index is 12.4. The number of likely N-dealkylation sites (tertiary alicyclic amines) is 1. The quantitative estimate of drug-likeness (QED) is 0.838. The molecule has 1 amide bonds. The topological polar surface area (TPSA) is 54.9 Å². The maximum absolute atomic E-state index is 12.4. The molecule has 0 bridgehead atoms. The van der Waals surface area contributed by atoms with Crippen LogP contribution < -0.4 is 0 Å². The van der Waals surface area contributed by atoms with Gasteiger partial charge in [0.25, 0.3) is 5.91 Å². The molecule has 4 rings (SSSR count). The highest BCUT2D eigenvalue weighted by molar-refractivity contribution is 7.09. The molecule has 6 nitrogen and oxygen atoms in total. The predicted molar refractivity (Wildman–Crippen MR) is 85.8 cm³/mol. The van der Waals surface area contributed by atoms with Crippen LogP contribution in [0.4, 0.5) is 0 Å². The minimum absolute atomic E-state index is 0.0126.